The fraction of sp³-hybridized carbons (Fsp3) is 0.0769. The quantitative estimate of drug-likeness (QED) is 0.777. The maximum atomic E-state index is 13.1. The number of phenols is 1. The Bertz CT molecular complexity index is 512. The van der Waals surface area contributed by atoms with Crippen molar-refractivity contribution >= 4 is 0 Å². The van der Waals surface area contributed by atoms with Gasteiger partial charge in [-0.3, -0.25) is 0 Å². The average molecular weight is 220 g/mol. The van der Waals surface area contributed by atoms with Gasteiger partial charge in [-0.05, 0) is 35.7 Å². The number of halogens is 2. The lowest BCUT2D eigenvalue weighted by Crippen LogP contribution is -1.88. The largest absolute Gasteiger partial charge is 0.505 e. The van der Waals surface area contributed by atoms with Gasteiger partial charge in [0, 0.05) is 0 Å². The molecule has 0 fully saturated rings. The smallest absolute Gasteiger partial charge is 0.200 e. The lowest BCUT2D eigenvalue weighted by Gasteiger charge is -2.07. The van der Waals surface area contributed by atoms with Gasteiger partial charge in [0.1, 0.15) is 0 Å². The molecule has 1 nitrogen and oxygen atoms in total. The molecule has 0 aliphatic heterocycles. The molecule has 0 spiro atoms. The van der Waals surface area contributed by atoms with Gasteiger partial charge in [-0.2, -0.15) is 4.39 Å². The Morgan fingerprint density at radius 1 is 1.06 bits per heavy atom. The molecule has 0 heterocycles. The highest BCUT2D eigenvalue weighted by molar-refractivity contribution is 5.68. The number of rotatable bonds is 1. The molecule has 0 aliphatic carbocycles. The van der Waals surface area contributed by atoms with Crippen molar-refractivity contribution < 1.29 is 13.9 Å². The summed E-state index contributed by atoms with van der Waals surface area (Å²) in [5.74, 6) is -2.92. The summed E-state index contributed by atoms with van der Waals surface area (Å²) in [6, 6.07) is 9.63. The molecular formula is C13H10F2O. The molecule has 2 aromatic rings. The molecule has 2 aromatic carbocycles. The number of hydrogen-bond donors (Lipinski definition) is 1. The van der Waals surface area contributed by atoms with E-state index in [-0.39, 0.29) is 0 Å². The minimum Gasteiger partial charge on any atom is -0.505 e. The predicted molar refractivity (Wildman–Crippen MR) is 58.2 cm³/mol. The van der Waals surface area contributed by atoms with Crippen molar-refractivity contribution in [1.82, 2.24) is 0 Å². The van der Waals surface area contributed by atoms with E-state index >= 15 is 0 Å². The van der Waals surface area contributed by atoms with Crippen LogP contribution in [0.3, 0.4) is 0 Å². The summed E-state index contributed by atoms with van der Waals surface area (Å²) < 4.78 is 26.0. The SMILES string of the molecule is Cc1ccccc1-c1cc(O)c(F)c(F)c1. The van der Waals surface area contributed by atoms with Gasteiger partial charge in [0.2, 0.25) is 0 Å². The van der Waals surface area contributed by atoms with Crippen molar-refractivity contribution in [3.8, 4) is 16.9 Å². The molecule has 0 bridgehead atoms. The summed E-state index contributed by atoms with van der Waals surface area (Å²) in [6.45, 7) is 1.87. The van der Waals surface area contributed by atoms with E-state index in [9.17, 15) is 13.9 Å². The Morgan fingerprint density at radius 3 is 2.38 bits per heavy atom. The third-order valence-corrected chi connectivity index (χ3v) is 2.47. The lowest BCUT2D eigenvalue weighted by molar-refractivity contribution is 0.407. The van der Waals surface area contributed by atoms with Gasteiger partial charge >= 0.3 is 0 Å². The zero-order valence-electron chi connectivity index (χ0n) is 8.67. The second-order valence-corrected chi connectivity index (χ2v) is 3.61. The molecule has 0 saturated heterocycles. The third kappa shape index (κ3) is 1.76. The molecule has 0 amide bonds. The molecule has 0 unspecified atom stereocenters. The van der Waals surface area contributed by atoms with Gasteiger partial charge in [0.15, 0.2) is 17.4 Å². The summed E-state index contributed by atoms with van der Waals surface area (Å²) in [4.78, 5) is 0. The van der Waals surface area contributed by atoms with E-state index in [1.807, 2.05) is 19.1 Å². The van der Waals surface area contributed by atoms with Gasteiger partial charge in [-0.1, -0.05) is 24.3 Å². The Kier molecular flexibility index (Phi) is 2.60. The number of phenolic OH excluding ortho intramolecular Hbond substituents is 1. The van der Waals surface area contributed by atoms with Crippen LogP contribution in [0.25, 0.3) is 11.1 Å². The standard InChI is InChI=1S/C13H10F2O/c1-8-4-2-3-5-10(8)9-6-11(14)13(15)12(16)7-9/h2-7,16H,1H3. The van der Waals surface area contributed by atoms with Crippen molar-refractivity contribution in [1.29, 1.82) is 0 Å². The number of aromatic hydroxyl groups is 1. The Hall–Kier alpha value is -1.90. The molecule has 1 N–H and O–H groups in total. The van der Waals surface area contributed by atoms with Crippen LogP contribution in [-0.2, 0) is 0 Å². The highest BCUT2D eigenvalue weighted by Gasteiger charge is 2.11. The molecular weight excluding hydrogens is 210 g/mol. The van der Waals surface area contributed by atoms with Crippen LogP contribution in [0.2, 0.25) is 0 Å². The average Bonchev–Trinajstić information content (AvgIpc) is 2.26. The first-order valence-electron chi connectivity index (χ1n) is 4.83. The lowest BCUT2D eigenvalue weighted by atomic mass is 10.0. The number of aryl methyl sites for hydroxylation is 1. The van der Waals surface area contributed by atoms with Crippen LogP contribution in [-0.4, -0.2) is 5.11 Å². The topological polar surface area (TPSA) is 20.2 Å². The van der Waals surface area contributed by atoms with Crippen molar-refractivity contribution in [2.24, 2.45) is 0 Å². The van der Waals surface area contributed by atoms with E-state index in [1.165, 1.54) is 6.07 Å². The summed E-state index contributed by atoms with van der Waals surface area (Å²) in [7, 11) is 0. The van der Waals surface area contributed by atoms with Gasteiger partial charge < -0.3 is 5.11 Å². The van der Waals surface area contributed by atoms with Crippen LogP contribution in [0.15, 0.2) is 36.4 Å². The van der Waals surface area contributed by atoms with Crippen LogP contribution < -0.4 is 0 Å². The van der Waals surface area contributed by atoms with E-state index in [2.05, 4.69) is 0 Å². The van der Waals surface area contributed by atoms with Crippen molar-refractivity contribution in [3.05, 3.63) is 53.6 Å². The predicted octanol–water partition coefficient (Wildman–Crippen LogP) is 3.65. The van der Waals surface area contributed by atoms with Crippen molar-refractivity contribution in [3.63, 3.8) is 0 Å². The molecule has 0 atom stereocenters. The molecule has 3 heteroatoms. The Balaban J connectivity index is 2.62. The van der Waals surface area contributed by atoms with Gasteiger partial charge in [0.05, 0.1) is 0 Å². The van der Waals surface area contributed by atoms with E-state index in [0.717, 1.165) is 17.2 Å². The van der Waals surface area contributed by atoms with Crippen molar-refractivity contribution in [2.45, 2.75) is 6.92 Å². The Labute approximate surface area is 92.0 Å². The van der Waals surface area contributed by atoms with Crippen LogP contribution in [0.4, 0.5) is 8.78 Å². The van der Waals surface area contributed by atoms with E-state index in [0.29, 0.717) is 5.56 Å². The van der Waals surface area contributed by atoms with Crippen LogP contribution in [0.1, 0.15) is 5.56 Å². The molecule has 2 rings (SSSR count). The molecule has 0 saturated carbocycles. The fourth-order valence-corrected chi connectivity index (χ4v) is 1.63. The van der Waals surface area contributed by atoms with Gasteiger partial charge in [-0.15, -0.1) is 0 Å². The number of hydrogen-bond acceptors (Lipinski definition) is 1. The summed E-state index contributed by atoms with van der Waals surface area (Å²) in [5.41, 5.74) is 2.18. The van der Waals surface area contributed by atoms with Crippen LogP contribution >= 0.6 is 0 Å². The first-order valence-corrected chi connectivity index (χ1v) is 4.83. The molecule has 16 heavy (non-hydrogen) atoms. The van der Waals surface area contributed by atoms with E-state index in [1.54, 1.807) is 12.1 Å². The molecule has 0 aromatic heterocycles. The Morgan fingerprint density at radius 2 is 1.75 bits per heavy atom. The van der Waals surface area contributed by atoms with Gasteiger partial charge in [0.25, 0.3) is 0 Å². The maximum absolute atomic E-state index is 13.1. The summed E-state index contributed by atoms with van der Waals surface area (Å²) in [5, 5.41) is 9.22. The van der Waals surface area contributed by atoms with E-state index in [4.69, 9.17) is 0 Å². The van der Waals surface area contributed by atoms with Gasteiger partial charge in [-0.25, -0.2) is 4.39 Å². The number of benzene rings is 2. The fourth-order valence-electron chi connectivity index (χ4n) is 1.63. The monoisotopic (exact) mass is 220 g/mol. The second kappa shape index (κ2) is 3.93. The molecule has 82 valence electrons. The highest BCUT2D eigenvalue weighted by Crippen LogP contribution is 2.29. The second-order valence-electron chi connectivity index (χ2n) is 3.61. The zero-order chi connectivity index (χ0) is 11.7. The molecule has 0 radical (unpaired) electrons. The highest BCUT2D eigenvalue weighted by atomic mass is 19.2. The molecule has 0 aliphatic rings. The van der Waals surface area contributed by atoms with Crippen molar-refractivity contribution in [2.75, 3.05) is 0 Å². The first kappa shape index (κ1) is 10.6. The van der Waals surface area contributed by atoms with Crippen LogP contribution in [0.5, 0.6) is 5.75 Å². The zero-order valence-corrected chi connectivity index (χ0v) is 8.67. The minimum atomic E-state index is -1.21. The van der Waals surface area contributed by atoms with Crippen LogP contribution in [0, 0.1) is 18.6 Å². The maximum Gasteiger partial charge on any atom is 0.200 e. The first-order chi connectivity index (χ1) is 7.59. The summed E-state index contributed by atoms with van der Waals surface area (Å²) >= 11 is 0. The normalized spacial score (nSPS) is 10.4. The van der Waals surface area contributed by atoms with E-state index < -0.39 is 17.4 Å². The summed E-state index contributed by atoms with van der Waals surface area (Å²) in [6.07, 6.45) is 0. The third-order valence-electron chi connectivity index (χ3n) is 2.47. The minimum absolute atomic E-state index is 0.467.